The molecule has 0 atom stereocenters. The van der Waals surface area contributed by atoms with E-state index in [1.807, 2.05) is 0 Å². The molecule has 1 aliphatic rings. The molecule has 1 heterocycles. The highest BCUT2D eigenvalue weighted by molar-refractivity contribution is 5.96. The van der Waals surface area contributed by atoms with Gasteiger partial charge >= 0.3 is 0 Å². The number of nitrogen functional groups attached to an aromatic ring is 1. The summed E-state index contributed by atoms with van der Waals surface area (Å²) in [6.07, 6.45) is 1.95. The van der Waals surface area contributed by atoms with Crippen molar-refractivity contribution in [1.82, 2.24) is 5.06 Å². The molecule has 0 saturated carbocycles. The number of carbonyl (C=O) groups excluding carboxylic acids is 1. The summed E-state index contributed by atoms with van der Waals surface area (Å²) in [5.41, 5.74) is 6.69. The summed E-state index contributed by atoms with van der Waals surface area (Å²) in [5, 5.41) is 1.39. The average molecular weight is 236 g/mol. The number of anilines is 1. The normalized spacial score (nSPS) is 15.7. The highest BCUT2D eigenvalue weighted by atomic mass is 16.7. The molecular weight excluding hydrogens is 220 g/mol. The summed E-state index contributed by atoms with van der Waals surface area (Å²) in [6, 6.07) is 4.98. The summed E-state index contributed by atoms with van der Waals surface area (Å²) < 4.78 is 5.16. The van der Waals surface area contributed by atoms with Crippen LogP contribution < -0.4 is 10.5 Å². The van der Waals surface area contributed by atoms with Crippen LogP contribution in [0.3, 0.4) is 0 Å². The first-order valence-corrected chi connectivity index (χ1v) is 5.60. The van der Waals surface area contributed by atoms with Crippen molar-refractivity contribution in [2.45, 2.75) is 12.8 Å². The maximum atomic E-state index is 12.2. The minimum atomic E-state index is -0.179. The number of carbonyl (C=O) groups is 1. The number of rotatable bonds is 2. The van der Waals surface area contributed by atoms with Gasteiger partial charge in [0, 0.05) is 18.3 Å². The van der Waals surface area contributed by atoms with Gasteiger partial charge in [0.05, 0.1) is 19.3 Å². The van der Waals surface area contributed by atoms with E-state index in [1.54, 1.807) is 18.2 Å². The van der Waals surface area contributed by atoms with Gasteiger partial charge in [-0.2, -0.15) is 0 Å². The van der Waals surface area contributed by atoms with Crippen LogP contribution in [0.5, 0.6) is 5.75 Å². The van der Waals surface area contributed by atoms with E-state index in [9.17, 15) is 4.79 Å². The molecular formula is C12H16N2O3. The molecule has 1 aromatic carbocycles. The van der Waals surface area contributed by atoms with E-state index in [-0.39, 0.29) is 5.91 Å². The van der Waals surface area contributed by atoms with Crippen LogP contribution in [-0.4, -0.2) is 31.2 Å². The SMILES string of the molecule is COc1cc(N)ccc1C(=O)N1CCCCO1. The third-order valence-electron chi connectivity index (χ3n) is 2.69. The van der Waals surface area contributed by atoms with Crippen LogP contribution >= 0.6 is 0 Å². The summed E-state index contributed by atoms with van der Waals surface area (Å²) in [5.74, 6) is 0.297. The Morgan fingerprint density at radius 2 is 2.29 bits per heavy atom. The molecule has 0 unspecified atom stereocenters. The van der Waals surface area contributed by atoms with Crippen molar-refractivity contribution < 1.29 is 14.4 Å². The summed E-state index contributed by atoms with van der Waals surface area (Å²) in [6.45, 7) is 1.20. The lowest BCUT2D eigenvalue weighted by Gasteiger charge is -2.26. The molecule has 5 nitrogen and oxygen atoms in total. The van der Waals surface area contributed by atoms with Crippen molar-refractivity contribution in [1.29, 1.82) is 0 Å². The lowest BCUT2D eigenvalue weighted by atomic mass is 10.1. The molecule has 0 radical (unpaired) electrons. The van der Waals surface area contributed by atoms with Gasteiger partial charge in [0.1, 0.15) is 5.75 Å². The van der Waals surface area contributed by atoms with Crippen molar-refractivity contribution in [3.8, 4) is 5.75 Å². The van der Waals surface area contributed by atoms with Gasteiger partial charge in [-0.1, -0.05) is 0 Å². The van der Waals surface area contributed by atoms with Crippen molar-refractivity contribution in [2.24, 2.45) is 0 Å². The summed E-state index contributed by atoms with van der Waals surface area (Å²) >= 11 is 0. The number of benzene rings is 1. The van der Waals surface area contributed by atoms with Gasteiger partial charge in [-0.3, -0.25) is 9.63 Å². The van der Waals surface area contributed by atoms with E-state index < -0.39 is 0 Å². The predicted octanol–water partition coefficient (Wildman–Crippen LogP) is 1.45. The molecule has 17 heavy (non-hydrogen) atoms. The fourth-order valence-electron chi connectivity index (χ4n) is 1.78. The van der Waals surface area contributed by atoms with Crippen LogP contribution in [0.2, 0.25) is 0 Å². The number of hydroxylamine groups is 2. The fraction of sp³-hybridized carbons (Fsp3) is 0.417. The van der Waals surface area contributed by atoms with E-state index in [4.69, 9.17) is 15.3 Å². The number of nitrogens with two attached hydrogens (primary N) is 1. The predicted molar refractivity (Wildman–Crippen MR) is 63.6 cm³/mol. The standard InChI is InChI=1S/C12H16N2O3/c1-16-11-8-9(13)4-5-10(11)12(15)14-6-2-3-7-17-14/h4-5,8H,2-3,6-7,13H2,1H3. The molecule has 1 aliphatic heterocycles. The second-order valence-electron chi connectivity index (χ2n) is 3.91. The monoisotopic (exact) mass is 236 g/mol. The Hall–Kier alpha value is -1.75. The largest absolute Gasteiger partial charge is 0.496 e. The number of hydrogen-bond donors (Lipinski definition) is 1. The molecule has 1 fully saturated rings. The van der Waals surface area contributed by atoms with Gasteiger partial charge in [-0.15, -0.1) is 0 Å². The van der Waals surface area contributed by atoms with E-state index in [0.717, 1.165) is 12.8 Å². The molecule has 1 aromatic rings. The minimum Gasteiger partial charge on any atom is -0.496 e. The Morgan fingerprint density at radius 3 is 2.94 bits per heavy atom. The smallest absolute Gasteiger partial charge is 0.281 e. The Morgan fingerprint density at radius 1 is 1.47 bits per heavy atom. The van der Waals surface area contributed by atoms with Crippen LogP contribution in [0.1, 0.15) is 23.2 Å². The number of hydrogen-bond acceptors (Lipinski definition) is 4. The summed E-state index contributed by atoms with van der Waals surface area (Å²) in [7, 11) is 1.52. The molecule has 0 bridgehead atoms. The first-order valence-electron chi connectivity index (χ1n) is 5.60. The van der Waals surface area contributed by atoms with Gasteiger partial charge < -0.3 is 10.5 Å². The highest BCUT2D eigenvalue weighted by Gasteiger charge is 2.22. The Labute approximate surface area is 100 Å². The van der Waals surface area contributed by atoms with Gasteiger partial charge in [0.25, 0.3) is 5.91 Å². The third-order valence-corrected chi connectivity index (χ3v) is 2.69. The van der Waals surface area contributed by atoms with Crippen molar-refractivity contribution in [2.75, 3.05) is 26.0 Å². The molecule has 0 spiro atoms. The number of ether oxygens (including phenoxy) is 1. The molecule has 1 saturated heterocycles. The van der Waals surface area contributed by atoms with Crippen LogP contribution in [0.15, 0.2) is 18.2 Å². The maximum Gasteiger partial charge on any atom is 0.281 e. The second kappa shape index (κ2) is 5.05. The lowest BCUT2D eigenvalue weighted by Crippen LogP contribution is -2.35. The van der Waals surface area contributed by atoms with Crippen molar-refractivity contribution >= 4 is 11.6 Å². The van der Waals surface area contributed by atoms with E-state index in [1.165, 1.54) is 12.2 Å². The van der Waals surface area contributed by atoms with Crippen LogP contribution in [0, 0.1) is 0 Å². The zero-order valence-corrected chi connectivity index (χ0v) is 9.81. The van der Waals surface area contributed by atoms with E-state index >= 15 is 0 Å². The van der Waals surface area contributed by atoms with Crippen molar-refractivity contribution in [3.63, 3.8) is 0 Å². The topological polar surface area (TPSA) is 64.8 Å². The Balaban J connectivity index is 2.23. The minimum absolute atomic E-state index is 0.179. The molecule has 2 N–H and O–H groups in total. The molecule has 0 aliphatic carbocycles. The molecule has 1 amide bonds. The fourth-order valence-corrected chi connectivity index (χ4v) is 1.78. The second-order valence-corrected chi connectivity index (χ2v) is 3.91. The molecule has 5 heteroatoms. The lowest BCUT2D eigenvalue weighted by molar-refractivity contribution is -0.144. The maximum absolute atomic E-state index is 12.2. The number of amides is 1. The van der Waals surface area contributed by atoms with Gasteiger partial charge in [-0.25, -0.2) is 5.06 Å². The Bertz CT molecular complexity index is 414. The van der Waals surface area contributed by atoms with Gasteiger partial charge in [0.2, 0.25) is 0 Å². The first-order chi connectivity index (χ1) is 8.22. The number of nitrogens with zero attached hydrogens (tertiary/aromatic N) is 1. The van der Waals surface area contributed by atoms with Crippen LogP contribution in [0.25, 0.3) is 0 Å². The quantitative estimate of drug-likeness (QED) is 0.789. The van der Waals surface area contributed by atoms with Crippen LogP contribution in [0.4, 0.5) is 5.69 Å². The van der Waals surface area contributed by atoms with Gasteiger partial charge in [-0.05, 0) is 25.0 Å². The zero-order chi connectivity index (χ0) is 12.3. The molecule has 92 valence electrons. The zero-order valence-electron chi connectivity index (χ0n) is 9.81. The molecule has 0 aromatic heterocycles. The van der Waals surface area contributed by atoms with E-state index in [0.29, 0.717) is 30.2 Å². The van der Waals surface area contributed by atoms with Crippen LogP contribution in [-0.2, 0) is 4.84 Å². The Kier molecular flexibility index (Phi) is 3.49. The third kappa shape index (κ3) is 2.50. The molecule has 2 rings (SSSR count). The highest BCUT2D eigenvalue weighted by Crippen LogP contribution is 2.24. The first kappa shape index (κ1) is 11.7. The number of methoxy groups -OCH3 is 1. The van der Waals surface area contributed by atoms with Crippen molar-refractivity contribution in [3.05, 3.63) is 23.8 Å². The van der Waals surface area contributed by atoms with E-state index in [2.05, 4.69) is 0 Å². The van der Waals surface area contributed by atoms with Gasteiger partial charge in [0.15, 0.2) is 0 Å². The average Bonchev–Trinajstić information content (AvgIpc) is 2.39. The summed E-state index contributed by atoms with van der Waals surface area (Å²) in [4.78, 5) is 17.5.